The van der Waals surface area contributed by atoms with Crippen LogP contribution in [0.25, 0.3) is 0 Å². The Morgan fingerprint density at radius 3 is 2.73 bits per heavy atom. The van der Waals surface area contributed by atoms with Gasteiger partial charge in [-0.1, -0.05) is 30.3 Å². The van der Waals surface area contributed by atoms with Crippen LogP contribution in [0.3, 0.4) is 0 Å². The van der Waals surface area contributed by atoms with E-state index in [4.69, 9.17) is 4.74 Å². The fourth-order valence-corrected chi connectivity index (χ4v) is 2.42. The lowest BCUT2D eigenvalue weighted by Crippen LogP contribution is -2.33. The molecule has 6 heteroatoms. The first-order valence-corrected chi connectivity index (χ1v) is 7.38. The van der Waals surface area contributed by atoms with Crippen molar-refractivity contribution < 1.29 is 23.5 Å². The van der Waals surface area contributed by atoms with Crippen molar-refractivity contribution in [2.45, 2.75) is 26.1 Å². The SMILES string of the molecule is CCOC(=O)C(F)C1CCN(C(=O)OCc2ccccc2)C1. The van der Waals surface area contributed by atoms with Gasteiger partial charge in [-0.2, -0.15) is 0 Å². The normalized spacial score (nSPS) is 18.8. The summed E-state index contributed by atoms with van der Waals surface area (Å²) < 4.78 is 23.8. The summed E-state index contributed by atoms with van der Waals surface area (Å²) in [6.07, 6.45) is -1.74. The first kappa shape index (κ1) is 16.3. The Labute approximate surface area is 129 Å². The van der Waals surface area contributed by atoms with Crippen LogP contribution in [0, 0.1) is 5.92 Å². The van der Waals surface area contributed by atoms with E-state index in [1.807, 2.05) is 30.3 Å². The predicted molar refractivity (Wildman–Crippen MR) is 77.8 cm³/mol. The maximum Gasteiger partial charge on any atom is 0.410 e. The Morgan fingerprint density at radius 1 is 1.32 bits per heavy atom. The smallest absolute Gasteiger partial charge is 0.410 e. The lowest BCUT2D eigenvalue weighted by Gasteiger charge is -2.17. The van der Waals surface area contributed by atoms with E-state index in [2.05, 4.69) is 4.74 Å². The Bertz CT molecular complexity index is 508. The molecule has 0 saturated carbocycles. The van der Waals surface area contributed by atoms with E-state index >= 15 is 0 Å². The first-order chi connectivity index (χ1) is 10.6. The molecule has 1 aliphatic rings. The number of hydrogen-bond acceptors (Lipinski definition) is 4. The van der Waals surface area contributed by atoms with Crippen LogP contribution >= 0.6 is 0 Å². The van der Waals surface area contributed by atoms with Gasteiger partial charge in [0.05, 0.1) is 6.61 Å². The molecule has 120 valence electrons. The van der Waals surface area contributed by atoms with Gasteiger partial charge in [0, 0.05) is 19.0 Å². The molecule has 1 aliphatic heterocycles. The topological polar surface area (TPSA) is 55.8 Å². The largest absolute Gasteiger partial charge is 0.464 e. The fraction of sp³-hybridized carbons (Fsp3) is 0.500. The minimum absolute atomic E-state index is 0.148. The summed E-state index contributed by atoms with van der Waals surface area (Å²) in [7, 11) is 0. The molecule has 22 heavy (non-hydrogen) atoms. The third kappa shape index (κ3) is 4.19. The van der Waals surface area contributed by atoms with Gasteiger partial charge in [-0.25, -0.2) is 14.0 Å². The van der Waals surface area contributed by atoms with Crippen molar-refractivity contribution in [2.24, 2.45) is 5.92 Å². The molecule has 1 heterocycles. The number of hydrogen-bond donors (Lipinski definition) is 0. The fourth-order valence-electron chi connectivity index (χ4n) is 2.42. The van der Waals surface area contributed by atoms with E-state index in [9.17, 15) is 14.0 Å². The van der Waals surface area contributed by atoms with Crippen molar-refractivity contribution in [1.82, 2.24) is 4.90 Å². The number of likely N-dealkylation sites (tertiary alicyclic amines) is 1. The number of rotatable bonds is 5. The molecule has 1 aromatic rings. The quantitative estimate of drug-likeness (QED) is 0.784. The lowest BCUT2D eigenvalue weighted by atomic mass is 10.0. The number of ether oxygens (including phenoxy) is 2. The number of alkyl halides is 1. The highest BCUT2D eigenvalue weighted by Gasteiger charge is 2.37. The zero-order chi connectivity index (χ0) is 15.9. The van der Waals surface area contributed by atoms with Crippen molar-refractivity contribution in [3.05, 3.63) is 35.9 Å². The molecule has 2 unspecified atom stereocenters. The third-order valence-electron chi connectivity index (χ3n) is 3.61. The van der Waals surface area contributed by atoms with E-state index in [0.717, 1.165) is 5.56 Å². The third-order valence-corrected chi connectivity index (χ3v) is 3.61. The second-order valence-electron chi connectivity index (χ2n) is 5.19. The highest BCUT2D eigenvalue weighted by atomic mass is 19.1. The molecule has 0 N–H and O–H groups in total. The second-order valence-corrected chi connectivity index (χ2v) is 5.19. The van der Waals surface area contributed by atoms with Gasteiger partial charge in [-0.05, 0) is 18.9 Å². The molecule has 1 fully saturated rings. The van der Waals surface area contributed by atoms with Gasteiger partial charge in [-0.15, -0.1) is 0 Å². The molecule has 0 aliphatic carbocycles. The number of halogens is 1. The molecule has 2 atom stereocenters. The minimum Gasteiger partial charge on any atom is -0.464 e. The Morgan fingerprint density at radius 2 is 2.05 bits per heavy atom. The molecule has 1 aromatic carbocycles. The number of nitrogens with zero attached hydrogens (tertiary/aromatic N) is 1. The second kappa shape index (κ2) is 7.77. The average Bonchev–Trinajstić information content (AvgIpc) is 3.03. The maximum atomic E-state index is 13.9. The van der Waals surface area contributed by atoms with Crippen molar-refractivity contribution in [3.63, 3.8) is 0 Å². The van der Waals surface area contributed by atoms with E-state index in [1.54, 1.807) is 6.92 Å². The van der Waals surface area contributed by atoms with Gasteiger partial charge in [0.25, 0.3) is 0 Å². The summed E-state index contributed by atoms with van der Waals surface area (Å²) in [5.41, 5.74) is 0.890. The van der Waals surface area contributed by atoms with E-state index < -0.39 is 24.2 Å². The predicted octanol–water partition coefficient (Wildman–Crippen LogP) is 2.55. The monoisotopic (exact) mass is 309 g/mol. The standard InChI is InChI=1S/C16H20FNO4/c1-2-21-15(19)14(17)13-8-9-18(10-13)16(20)22-11-12-6-4-3-5-7-12/h3-7,13-14H,2,8-11H2,1H3. The molecular formula is C16H20FNO4. The van der Waals surface area contributed by atoms with Crippen LogP contribution in [0.1, 0.15) is 18.9 Å². The maximum absolute atomic E-state index is 13.9. The highest BCUT2D eigenvalue weighted by Crippen LogP contribution is 2.23. The van der Waals surface area contributed by atoms with Gasteiger partial charge in [0.1, 0.15) is 6.61 Å². The highest BCUT2D eigenvalue weighted by molar-refractivity contribution is 5.75. The molecule has 1 saturated heterocycles. The van der Waals surface area contributed by atoms with Crippen molar-refractivity contribution in [1.29, 1.82) is 0 Å². The van der Waals surface area contributed by atoms with Gasteiger partial charge in [0.2, 0.25) is 6.17 Å². The van der Waals surface area contributed by atoms with Gasteiger partial charge >= 0.3 is 12.1 Å². The molecule has 1 amide bonds. The van der Waals surface area contributed by atoms with Crippen LogP contribution in [0.2, 0.25) is 0 Å². The summed E-state index contributed by atoms with van der Waals surface area (Å²) in [6.45, 7) is 2.52. The molecule has 0 radical (unpaired) electrons. The summed E-state index contributed by atoms with van der Waals surface area (Å²) in [5, 5.41) is 0. The van der Waals surface area contributed by atoms with Crippen molar-refractivity contribution in [3.8, 4) is 0 Å². The van der Waals surface area contributed by atoms with Crippen LogP contribution in [0.5, 0.6) is 0 Å². The Hall–Kier alpha value is -2.11. The summed E-state index contributed by atoms with van der Waals surface area (Å²) in [6, 6.07) is 9.33. The number of esters is 1. The zero-order valence-corrected chi connectivity index (χ0v) is 12.5. The molecule has 5 nitrogen and oxygen atoms in total. The van der Waals surface area contributed by atoms with Gasteiger partial charge in [-0.3, -0.25) is 0 Å². The number of benzene rings is 1. The van der Waals surface area contributed by atoms with Crippen molar-refractivity contribution >= 4 is 12.1 Å². The van der Waals surface area contributed by atoms with Gasteiger partial charge < -0.3 is 14.4 Å². The van der Waals surface area contributed by atoms with Crippen molar-refractivity contribution in [2.75, 3.05) is 19.7 Å². The Balaban J connectivity index is 1.79. The average molecular weight is 309 g/mol. The number of carbonyl (C=O) groups is 2. The number of amides is 1. The zero-order valence-electron chi connectivity index (χ0n) is 12.5. The molecule has 0 spiro atoms. The van der Waals surface area contributed by atoms with Crippen LogP contribution in [0.15, 0.2) is 30.3 Å². The first-order valence-electron chi connectivity index (χ1n) is 7.38. The van der Waals surface area contributed by atoms with Gasteiger partial charge in [0.15, 0.2) is 0 Å². The summed E-state index contributed by atoms with van der Waals surface area (Å²) in [5.74, 6) is -1.38. The molecular weight excluding hydrogens is 289 g/mol. The van der Waals surface area contributed by atoms with Crippen LogP contribution in [0.4, 0.5) is 9.18 Å². The summed E-state index contributed by atoms with van der Waals surface area (Å²) >= 11 is 0. The number of carbonyl (C=O) groups excluding carboxylic acids is 2. The van der Waals surface area contributed by atoms with Crippen LogP contribution in [-0.2, 0) is 20.9 Å². The molecule has 2 rings (SSSR count). The summed E-state index contributed by atoms with van der Waals surface area (Å²) in [4.78, 5) is 24.8. The minimum atomic E-state index is -1.69. The molecule has 0 bridgehead atoms. The van der Waals surface area contributed by atoms with Crippen LogP contribution < -0.4 is 0 Å². The Kier molecular flexibility index (Phi) is 5.75. The van der Waals surface area contributed by atoms with E-state index in [1.165, 1.54) is 4.90 Å². The molecule has 0 aromatic heterocycles. The lowest BCUT2D eigenvalue weighted by molar-refractivity contribution is -0.151. The van der Waals surface area contributed by atoms with E-state index in [0.29, 0.717) is 13.0 Å². The van der Waals surface area contributed by atoms with E-state index in [-0.39, 0.29) is 19.8 Å². The van der Waals surface area contributed by atoms with Crippen LogP contribution in [-0.4, -0.2) is 42.8 Å².